The molecule has 1 aliphatic heterocycles. The van der Waals surface area contributed by atoms with Crippen molar-refractivity contribution in [2.75, 3.05) is 27.9 Å². The summed E-state index contributed by atoms with van der Waals surface area (Å²) in [4.78, 5) is 0. The van der Waals surface area contributed by atoms with Crippen LogP contribution in [0.1, 0.15) is 24.4 Å². The maximum absolute atomic E-state index is 5.42. The fourth-order valence-corrected chi connectivity index (χ4v) is 2.28. The zero-order valence-electron chi connectivity index (χ0n) is 10.6. The molecule has 4 nitrogen and oxygen atoms in total. The molecule has 0 saturated carbocycles. The average Bonchev–Trinajstić information content (AvgIpc) is 2.90. The molecule has 0 aromatic heterocycles. The Morgan fingerprint density at radius 1 is 1.00 bits per heavy atom. The number of nitrogens with one attached hydrogen (secondary N) is 1. The van der Waals surface area contributed by atoms with Gasteiger partial charge in [0.1, 0.15) is 5.75 Å². The van der Waals surface area contributed by atoms with Gasteiger partial charge in [0, 0.05) is 17.7 Å². The maximum atomic E-state index is 5.42. The van der Waals surface area contributed by atoms with E-state index in [-0.39, 0.29) is 0 Å². The van der Waals surface area contributed by atoms with E-state index < -0.39 is 0 Å². The molecular weight excluding hydrogens is 218 g/mol. The van der Waals surface area contributed by atoms with Crippen LogP contribution in [-0.2, 0) is 0 Å². The Morgan fingerprint density at radius 2 is 1.65 bits per heavy atom. The van der Waals surface area contributed by atoms with Crippen molar-refractivity contribution in [2.24, 2.45) is 0 Å². The Kier molecular flexibility index (Phi) is 3.74. The van der Waals surface area contributed by atoms with Gasteiger partial charge in [-0.25, -0.2) is 0 Å². The molecule has 0 aliphatic carbocycles. The Bertz CT molecular complexity index is 386. The Balaban J connectivity index is 2.41. The van der Waals surface area contributed by atoms with E-state index in [9.17, 15) is 0 Å². The molecule has 0 amide bonds. The van der Waals surface area contributed by atoms with Crippen LogP contribution in [0.4, 0.5) is 0 Å². The predicted octanol–water partition coefficient (Wildman–Crippen LogP) is 2.14. The molecule has 1 aliphatic rings. The third-order valence-electron chi connectivity index (χ3n) is 3.17. The van der Waals surface area contributed by atoms with Gasteiger partial charge in [-0.2, -0.15) is 0 Å². The van der Waals surface area contributed by atoms with Crippen molar-refractivity contribution < 1.29 is 14.2 Å². The number of benzene rings is 1. The van der Waals surface area contributed by atoms with E-state index >= 15 is 0 Å². The summed E-state index contributed by atoms with van der Waals surface area (Å²) in [5, 5.41) is 3.46. The topological polar surface area (TPSA) is 39.7 Å². The van der Waals surface area contributed by atoms with Gasteiger partial charge in [-0.3, -0.25) is 0 Å². The first-order valence-electron chi connectivity index (χ1n) is 5.83. The van der Waals surface area contributed by atoms with Crippen molar-refractivity contribution in [1.29, 1.82) is 0 Å². The smallest absolute Gasteiger partial charge is 0.164 e. The van der Waals surface area contributed by atoms with Gasteiger partial charge in [0.2, 0.25) is 0 Å². The zero-order valence-corrected chi connectivity index (χ0v) is 10.6. The fraction of sp³-hybridized carbons (Fsp3) is 0.538. The van der Waals surface area contributed by atoms with Crippen LogP contribution < -0.4 is 19.5 Å². The monoisotopic (exact) mass is 237 g/mol. The van der Waals surface area contributed by atoms with Crippen molar-refractivity contribution in [2.45, 2.75) is 18.9 Å². The Labute approximate surface area is 102 Å². The Morgan fingerprint density at radius 3 is 2.18 bits per heavy atom. The molecule has 0 radical (unpaired) electrons. The lowest BCUT2D eigenvalue weighted by Gasteiger charge is -2.18. The van der Waals surface area contributed by atoms with Crippen molar-refractivity contribution in [3.63, 3.8) is 0 Å². The van der Waals surface area contributed by atoms with Crippen LogP contribution in [0.15, 0.2) is 12.1 Å². The van der Waals surface area contributed by atoms with Crippen LogP contribution in [-0.4, -0.2) is 27.9 Å². The van der Waals surface area contributed by atoms with Crippen LogP contribution in [0.2, 0.25) is 0 Å². The van der Waals surface area contributed by atoms with Crippen molar-refractivity contribution >= 4 is 0 Å². The summed E-state index contributed by atoms with van der Waals surface area (Å²) in [7, 11) is 4.96. The second-order valence-electron chi connectivity index (χ2n) is 4.10. The molecule has 0 unspecified atom stereocenters. The summed E-state index contributed by atoms with van der Waals surface area (Å²) in [5.74, 6) is 2.30. The summed E-state index contributed by atoms with van der Waals surface area (Å²) in [6.45, 7) is 1.06. The largest absolute Gasteiger partial charge is 0.496 e. The normalized spacial score (nSPS) is 19.1. The van der Waals surface area contributed by atoms with Gasteiger partial charge < -0.3 is 19.5 Å². The van der Waals surface area contributed by atoms with Gasteiger partial charge in [-0.15, -0.1) is 0 Å². The van der Waals surface area contributed by atoms with Gasteiger partial charge in [0.25, 0.3) is 0 Å². The van der Waals surface area contributed by atoms with Crippen molar-refractivity contribution in [3.05, 3.63) is 17.7 Å². The molecule has 2 rings (SSSR count). The minimum atomic E-state index is 0.352. The van der Waals surface area contributed by atoms with E-state index in [0.717, 1.165) is 30.0 Å². The highest BCUT2D eigenvalue weighted by molar-refractivity contribution is 5.52. The van der Waals surface area contributed by atoms with Gasteiger partial charge in [-0.05, 0) is 25.5 Å². The fourth-order valence-electron chi connectivity index (χ4n) is 2.28. The van der Waals surface area contributed by atoms with E-state index in [1.165, 1.54) is 6.42 Å². The predicted molar refractivity (Wildman–Crippen MR) is 66.1 cm³/mol. The summed E-state index contributed by atoms with van der Waals surface area (Å²) in [5.41, 5.74) is 1.14. The molecule has 0 spiro atoms. The van der Waals surface area contributed by atoms with E-state index in [4.69, 9.17) is 14.2 Å². The summed E-state index contributed by atoms with van der Waals surface area (Å²) >= 11 is 0. The summed E-state index contributed by atoms with van der Waals surface area (Å²) < 4.78 is 16.0. The SMILES string of the molecule is COc1cc(OC)c([C@@H]2CCCN2)cc1OC. The van der Waals surface area contributed by atoms with Crippen molar-refractivity contribution in [1.82, 2.24) is 5.32 Å². The first-order valence-corrected chi connectivity index (χ1v) is 5.83. The third-order valence-corrected chi connectivity index (χ3v) is 3.17. The number of hydrogen-bond acceptors (Lipinski definition) is 4. The standard InChI is InChI=1S/C13H19NO3/c1-15-11-8-13(17-3)12(16-2)7-9(11)10-5-4-6-14-10/h7-8,10,14H,4-6H2,1-3H3/t10-/m0/s1. The minimum Gasteiger partial charge on any atom is -0.496 e. The molecule has 1 aromatic rings. The Hall–Kier alpha value is -1.42. The molecule has 1 heterocycles. The molecule has 1 N–H and O–H groups in total. The summed E-state index contributed by atoms with van der Waals surface area (Å²) in [6.07, 6.45) is 2.33. The van der Waals surface area contributed by atoms with Gasteiger partial charge in [0.15, 0.2) is 11.5 Å². The maximum Gasteiger partial charge on any atom is 0.164 e. The molecule has 1 saturated heterocycles. The highest BCUT2D eigenvalue weighted by atomic mass is 16.5. The molecule has 1 fully saturated rings. The first-order chi connectivity index (χ1) is 8.30. The van der Waals surface area contributed by atoms with Gasteiger partial charge >= 0.3 is 0 Å². The first kappa shape index (κ1) is 12.0. The number of ether oxygens (including phenoxy) is 3. The lowest BCUT2D eigenvalue weighted by Crippen LogP contribution is -2.14. The molecule has 0 bridgehead atoms. The highest BCUT2D eigenvalue weighted by Crippen LogP contribution is 2.39. The molecule has 4 heteroatoms. The molecule has 17 heavy (non-hydrogen) atoms. The van der Waals surface area contributed by atoms with Gasteiger partial charge in [-0.1, -0.05) is 0 Å². The van der Waals surface area contributed by atoms with Crippen LogP contribution in [0.25, 0.3) is 0 Å². The highest BCUT2D eigenvalue weighted by Gasteiger charge is 2.22. The van der Waals surface area contributed by atoms with E-state index in [2.05, 4.69) is 5.32 Å². The number of rotatable bonds is 4. The number of methoxy groups -OCH3 is 3. The third kappa shape index (κ3) is 2.31. The minimum absolute atomic E-state index is 0.352. The second-order valence-corrected chi connectivity index (χ2v) is 4.10. The van der Waals surface area contributed by atoms with Crippen LogP contribution in [0.5, 0.6) is 17.2 Å². The second kappa shape index (κ2) is 5.27. The molecule has 1 aromatic carbocycles. The lowest BCUT2D eigenvalue weighted by atomic mass is 10.0. The van der Waals surface area contributed by atoms with E-state index in [1.54, 1.807) is 21.3 Å². The van der Waals surface area contributed by atoms with Crippen molar-refractivity contribution in [3.8, 4) is 17.2 Å². The average molecular weight is 237 g/mol. The lowest BCUT2D eigenvalue weighted by molar-refractivity contribution is 0.346. The zero-order chi connectivity index (χ0) is 12.3. The quantitative estimate of drug-likeness (QED) is 0.871. The van der Waals surface area contributed by atoms with Gasteiger partial charge in [0.05, 0.1) is 21.3 Å². The molecule has 1 atom stereocenters. The van der Waals surface area contributed by atoms with E-state index in [1.807, 2.05) is 12.1 Å². The number of hydrogen-bond donors (Lipinski definition) is 1. The van der Waals surface area contributed by atoms with Crippen LogP contribution >= 0.6 is 0 Å². The summed E-state index contributed by atoms with van der Waals surface area (Å²) in [6, 6.07) is 4.24. The van der Waals surface area contributed by atoms with E-state index in [0.29, 0.717) is 11.8 Å². The molecule has 94 valence electrons. The molecular formula is C13H19NO3. The van der Waals surface area contributed by atoms with Crippen LogP contribution in [0, 0.1) is 0 Å². The van der Waals surface area contributed by atoms with Crippen LogP contribution in [0.3, 0.4) is 0 Å².